The second kappa shape index (κ2) is 7.44. The minimum atomic E-state index is -0.454. The number of carbonyl (C=O) groups is 1. The molecule has 5 atom stereocenters. The molecule has 4 aliphatic rings. The minimum Gasteiger partial charge on any atom is -0.404 e. The average Bonchev–Trinajstić information content (AvgIpc) is 2.99. The van der Waals surface area contributed by atoms with Crippen molar-refractivity contribution >= 4 is 36.2 Å². The van der Waals surface area contributed by atoms with Crippen molar-refractivity contribution in [1.82, 2.24) is 5.32 Å². The Morgan fingerprint density at radius 3 is 2.66 bits per heavy atom. The topological polar surface area (TPSA) is 47.6 Å². The molecule has 1 aromatic carbocycles. The SMILES string of the molecule is CC(C)C[C@H](NC(=O)c1cc(Cl)ccc1Cl)B1O[C@@H]2C[C@@H]3C[C@@H](C3(C)C)[C@]2(C)O1. The summed E-state index contributed by atoms with van der Waals surface area (Å²) in [5.41, 5.74) is 0.364. The van der Waals surface area contributed by atoms with Crippen LogP contribution in [0.2, 0.25) is 10.0 Å². The lowest BCUT2D eigenvalue weighted by atomic mass is 9.43. The Labute approximate surface area is 184 Å². The first-order valence-corrected chi connectivity index (χ1v) is 11.4. The lowest BCUT2D eigenvalue weighted by molar-refractivity contribution is -0.199. The van der Waals surface area contributed by atoms with Gasteiger partial charge in [-0.05, 0) is 67.6 Å². The molecular weight excluding hydrogens is 408 g/mol. The zero-order chi connectivity index (χ0) is 21.1. The summed E-state index contributed by atoms with van der Waals surface area (Å²) in [4.78, 5) is 13.0. The van der Waals surface area contributed by atoms with Crippen molar-refractivity contribution in [3.8, 4) is 0 Å². The van der Waals surface area contributed by atoms with Crippen molar-refractivity contribution in [3.63, 3.8) is 0 Å². The van der Waals surface area contributed by atoms with Gasteiger partial charge in [-0.2, -0.15) is 0 Å². The van der Waals surface area contributed by atoms with E-state index in [0.717, 1.165) is 12.8 Å². The molecule has 29 heavy (non-hydrogen) atoms. The average molecular weight is 438 g/mol. The Bertz CT molecular complexity index is 817. The molecule has 4 nitrogen and oxygen atoms in total. The molecule has 5 rings (SSSR count). The molecule has 1 heterocycles. The molecule has 3 saturated carbocycles. The lowest BCUT2D eigenvalue weighted by Crippen LogP contribution is -2.65. The highest BCUT2D eigenvalue weighted by atomic mass is 35.5. The third-order valence-corrected chi connectivity index (χ3v) is 8.08. The zero-order valence-electron chi connectivity index (χ0n) is 17.8. The summed E-state index contributed by atoms with van der Waals surface area (Å²) in [6.07, 6.45) is 3.08. The summed E-state index contributed by atoms with van der Waals surface area (Å²) in [7, 11) is -0.454. The van der Waals surface area contributed by atoms with E-state index in [2.05, 4.69) is 39.9 Å². The fourth-order valence-corrected chi connectivity index (χ4v) is 6.11. The Morgan fingerprint density at radius 1 is 1.28 bits per heavy atom. The Balaban J connectivity index is 1.54. The molecule has 0 radical (unpaired) electrons. The van der Waals surface area contributed by atoms with Crippen LogP contribution in [0.3, 0.4) is 0 Å². The first-order valence-electron chi connectivity index (χ1n) is 10.6. The number of benzene rings is 1. The molecule has 1 aromatic rings. The van der Waals surface area contributed by atoms with E-state index in [0.29, 0.717) is 33.4 Å². The standard InChI is InChI=1S/C22H30BCl2NO3/c1-12(2)8-19(26-20(27)15-11-14(24)6-7-16(15)25)23-28-18-10-13-9-17(21(13,3)4)22(18,5)29-23/h6-7,11-13,17-19H,8-10H2,1-5H3,(H,26,27)/t13-,17-,18+,19-,22-/m0/s1. The van der Waals surface area contributed by atoms with Crippen LogP contribution in [0.25, 0.3) is 0 Å². The predicted octanol–water partition coefficient (Wildman–Crippen LogP) is 5.41. The van der Waals surface area contributed by atoms with Crippen LogP contribution in [-0.4, -0.2) is 30.7 Å². The second-order valence-electron chi connectivity index (χ2n) is 10.2. The van der Waals surface area contributed by atoms with Crippen LogP contribution < -0.4 is 5.32 Å². The largest absolute Gasteiger partial charge is 0.481 e. The van der Waals surface area contributed by atoms with Gasteiger partial charge in [0.05, 0.1) is 28.2 Å². The third-order valence-electron chi connectivity index (χ3n) is 7.51. The van der Waals surface area contributed by atoms with E-state index >= 15 is 0 Å². The molecule has 4 fully saturated rings. The monoisotopic (exact) mass is 437 g/mol. The number of hydrogen-bond acceptors (Lipinski definition) is 3. The van der Waals surface area contributed by atoms with E-state index in [1.54, 1.807) is 18.2 Å². The Hall–Kier alpha value is -0.745. The second-order valence-corrected chi connectivity index (χ2v) is 11.0. The summed E-state index contributed by atoms with van der Waals surface area (Å²) >= 11 is 12.3. The highest BCUT2D eigenvalue weighted by Crippen LogP contribution is 2.65. The maximum absolute atomic E-state index is 13.0. The Kier molecular flexibility index (Phi) is 5.51. The van der Waals surface area contributed by atoms with Gasteiger partial charge in [-0.15, -0.1) is 0 Å². The normalized spacial score (nSPS) is 33.2. The smallest absolute Gasteiger partial charge is 0.404 e. The number of halogens is 2. The van der Waals surface area contributed by atoms with E-state index in [-0.39, 0.29) is 29.0 Å². The maximum Gasteiger partial charge on any atom is 0.481 e. The van der Waals surface area contributed by atoms with E-state index in [1.807, 2.05) is 0 Å². The van der Waals surface area contributed by atoms with Gasteiger partial charge in [-0.1, -0.05) is 50.9 Å². The van der Waals surface area contributed by atoms with Crippen LogP contribution in [0, 0.1) is 23.2 Å². The van der Waals surface area contributed by atoms with Gasteiger partial charge in [0.2, 0.25) is 0 Å². The van der Waals surface area contributed by atoms with E-state index in [9.17, 15) is 4.79 Å². The van der Waals surface area contributed by atoms with Gasteiger partial charge in [0.25, 0.3) is 5.91 Å². The summed E-state index contributed by atoms with van der Waals surface area (Å²) in [5, 5.41) is 3.98. The minimum absolute atomic E-state index is 0.0885. The molecule has 0 unspecified atom stereocenters. The van der Waals surface area contributed by atoms with Gasteiger partial charge in [0, 0.05) is 5.02 Å². The maximum atomic E-state index is 13.0. The fourth-order valence-electron chi connectivity index (χ4n) is 5.73. The van der Waals surface area contributed by atoms with Crippen LogP contribution in [-0.2, 0) is 9.31 Å². The summed E-state index contributed by atoms with van der Waals surface area (Å²) < 4.78 is 13.0. The van der Waals surface area contributed by atoms with E-state index in [4.69, 9.17) is 32.5 Å². The number of carbonyl (C=O) groups excluding carboxylic acids is 1. The van der Waals surface area contributed by atoms with Gasteiger partial charge < -0.3 is 14.6 Å². The summed E-state index contributed by atoms with van der Waals surface area (Å²) in [6.45, 7) is 11.2. The quantitative estimate of drug-likeness (QED) is 0.626. The molecule has 3 aliphatic carbocycles. The number of hydrogen-bond donors (Lipinski definition) is 1. The van der Waals surface area contributed by atoms with E-state index in [1.165, 1.54) is 6.42 Å². The molecular formula is C22H30BCl2NO3. The van der Waals surface area contributed by atoms with Gasteiger partial charge in [-0.3, -0.25) is 4.79 Å². The van der Waals surface area contributed by atoms with Crippen molar-refractivity contribution in [2.75, 3.05) is 0 Å². The van der Waals surface area contributed by atoms with Gasteiger partial charge in [-0.25, -0.2) is 0 Å². The first-order chi connectivity index (χ1) is 13.5. The molecule has 1 saturated heterocycles. The molecule has 158 valence electrons. The molecule has 1 N–H and O–H groups in total. The van der Waals surface area contributed by atoms with Crippen LogP contribution in [0.4, 0.5) is 0 Å². The van der Waals surface area contributed by atoms with Crippen molar-refractivity contribution in [2.24, 2.45) is 23.2 Å². The van der Waals surface area contributed by atoms with Crippen molar-refractivity contribution in [1.29, 1.82) is 0 Å². The van der Waals surface area contributed by atoms with E-state index < -0.39 is 7.12 Å². The third kappa shape index (κ3) is 3.62. The van der Waals surface area contributed by atoms with Crippen LogP contribution in [0.15, 0.2) is 18.2 Å². The molecule has 2 bridgehead atoms. The van der Waals surface area contributed by atoms with Crippen molar-refractivity contribution < 1.29 is 14.1 Å². The first kappa shape index (κ1) is 21.5. The van der Waals surface area contributed by atoms with Gasteiger partial charge in [0.15, 0.2) is 0 Å². The van der Waals surface area contributed by atoms with Crippen molar-refractivity contribution in [3.05, 3.63) is 33.8 Å². The van der Waals surface area contributed by atoms with Gasteiger partial charge >= 0.3 is 7.12 Å². The van der Waals surface area contributed by atoms with Gasteiger partial charge in [0.1, 0.15) is 0 Å². The summed E-state index contributed by atoms with van der Waals surface area (Å²) in [6, 6.07) is 4.92. The number of amides is 1. The van der Waals surface area contributed by atoms with Crippen LogP contribution in [0.1, 0.15) is 64.2 Å². The zero-order valence-corrected chi connectivity index (χ0v) is 19.3. The molecule has 1 aliphatic heterocycles. The molecule has 0 spiro atoms. The Morgan fingerprint density at radius 2 is 2.00 bits per heavy atom. The predicted molar refractivity (Wildman–Crippen MR) is 117 cm³/mol. The highest BCUT2D eigenvalue weighted by molar-refractivity contribution is 6.48. The molecule has 1 amide bonds. The molecule has 0 aromatic heterocycles. The lowest BCUT2D eigenvalue weighted by Gasteiger charge is -2.64. The number of rotatable bonds is 5. The fraction of sp³-hybridized carbons (Fsp3) is 0.682. The van der Waals surface area contributed by atoms with Crippen LogP contribution >= 0.6 is 23.2 Å². The van der Waals surface area contributed by atoms with Crippen molar-refractivity contribution in [2.45, 2.75) is 71.5 Å². The molecule has 7 heteroatoms. The van der Waals surface area contributed by atoms with Crippen LogP contribution in [0.5, 0.6) is 0 Å². The summed E-state index contributed by atoms with van der Waals surface area (Å²) in [5.74, 6) is 1.06. The highest BCUT2D eigenvalue weighted by Gasteiger charge is 2.68. The number of nitrogens with one attached hydrogen (secondary N) is 1.